The zero-order valence-electron chi connectivity index (χ0n) is 34.6. The predicted octanol–water partition coefficient (Wildman–Crippen LogP) is 12.0. The van der Waals surface area contributed by atoms with Crippen LogP contribution in [-0.4, -0.2) is 57.3 Å². The Morgan fingerprint density at radius 1 is 0.481 bits per heavy atom. The molecule has 0 aromatic heterocycles. The van der Waals surface area contributed by atoms with E-state index in [9.17, 15) is 25.2 Å². The summed E-state index contributed by atoms with van der Waals surface area (Å²) in [5, 5.41) is 43.7. The highest BCUT2D eigenvalue weighted by Crippen LogP contribution is 2.17. The Morgan fingerprint density at radius 2 is 0.808 bits per heavy atom. The molecule has 0 aromatic rings. The molecule has 0 aromatic carbocycles. The largest absolute Gasteiger partial charge is 0.394 e. The van der Waals surface area contributed by atoms with Gasteiger partial charge in [0.05, 0.1) is 18.8 Å². The third kappa shape index (κ3) is 34.6. The van der Waals surface area contributed by atoms with Crippen molar-refractivity contribution in [1.29, 1.82) is 0 Å². The molecule has 4 atom stereocenters. The van der Waals surface area contributed by atoms with Gasteiger partial charge < -0.3 is 25.7 Å². The van der Waals surface area contributed by atoms with Crippen LogP contribution in [0.5, 0.6) is 0 Å². The number of hydrogen-bond acceptors (Lipinski definition) is 5. The molecule has 0 heterocycles. The van der Waals surface area contributed by atoms with Crippen molar-refractivity contribution in [2.24, 2.45) is 0 Å². The maximum Gasteiger partial charge on any atom is 0.249 e. The Kier molecular flexibility index (Phi) is 40.0. The van der Waals surface area contributed by atoms with Crippen molar-refractivity contribution in [2.45, 2.75) is 257 Å². The fourth-order valence-electron chi connectivity index (χ4n) is 7.04. The van der Waals surface area contributed by atoms with Crippen molar-refractivity contribution in [3.05, 3.63) is 24.3 Å². The quantitative estimate of drug-likeness (QED) is 0.0317. The van der Waals surface area contributed by atoms with Crippen LogP contribution in [0.3, 0.4) is 0 Å². The predicted molar refractivity (Wildman–Crippen MR) is 224 cm³/mol. The molecule has 6 heteroatoms. The third-order valence-corrected chi connectivity index (χ3v) is 10.7. The summed E-state index contributed by atoms with van der Waals surface area (Å²) in [4.78, 5) is 12.5. The molecular formula is C46H89NO5. The van der Waals surface area contributed by atoms with E-state index < -0.39 is 36.9 Å². The van der Waals surface area contributed by atoms with Crippen LogP contribution < -0.4 is 5.32 Å². The van der Waals surface area contributed by atoms with Gasteiger partial charge in [-0.3, -0.25) is 4.79 Å². The monoisotopic (exact) mass is 736 g/mol. The van der Waals surface area contributed by atoms with Crippen molar-refractivity contribution in [1.82, 2.24) is 5.32 Å². The second-order valence-electron chi connectivity index (χ2n) is 15.8. The van der Waals surface area contributed by atoms with Crippen LogP contribution in [0.1, 0.15) is 232 Å². The van der Waals surface area contributed by atoms with Crippen LogP contribution in [0, 0.1) is 0 Å². The van der Waals surface area contributed by atoms with Crippen LogP contribution in [0.2, 0.25) is 0 Å². The maximum absolute atomic E-state index is 12.5. The molecule has 1 amide bonds. The van der Waals surface area contributed by atoms with Gasteiger partial charge in [-0.25, -0.2) is 0 Å². The minimum absolute atomic E-state index is 0.364. The number of carbonyl (C=O) groups excluding carboxylic acids is 1. The minimum atomic E-state index is -1.26. The Morgan fingerprint density at radius 3 is 1.21 bits per heavy atom. The van der Waals surface area contributed by atoms with E-state index >= 15 is 0 Å². The number of rotatable bonds is 41. The van der Waals surface area contributed by atoms with E-state index in [-0.39, 0.29) is 0 Å². The molecule has 5 N–H and O–H groups in total. The normalized spacial score (nSPS) is 14.3. The highest BCUT2D eigenvalue weighted by Gasteiger charge is 2.28. The fourth-order valence-corrected chi connectivity index (χ4v) is 7.04. The molecular weight excluding hydrogens is 647 g/mol. The molecule has 0 aliphatic heterocycles. The van der Waals surface area contributed by atoms with Crippen LogP contribution in [-0.2, 0) is 4.79 Å². The number of amides is 1. The van der Waals surface area contributed by atoms with Gasteiger partial charge in [0.2, 0.25) is 5.91 Å². The Balaban J connectivity index is 3.72. The van der Waals surface area contributed by atoms with E-state index in [4.69, 9.17) is 0 Å². The molecule has 6 nitrogen and oxygen atoms in total. The lowest BCUT2D eigenvalue weighted by atomic mass is 9.99. The van der Waals surface area contributed by atoms with Gasteiger partial charge in [-0.05, 0) is 38.5 Å². The molecule has 0 bridgehead atoms. The van der Waals surface area contributed by atoms with Gasteiger partial charge in [0.25, 0.3) is 0 Å². The van der Waals surface area contributed by atoms with Gasteiger partial charge in [-0.1, -0.05) is 218 Å². The first-order chi connectivity index (χ1) is 25.5. The van der Waals surface area contributed by atoms with Crippen molar-refractivity contribution < 1.29 is 25.2 Å². The van der Waals surface area contributed by atoms with Crippen molar-refractivity contribution in [3.63, 3.8) is 0 Å². The highest BCUT2D eigenvalue weighted by atomic mass is 16.3. The summed E-state index contributed by atoms with van der Waals surface area (Å²) in [5.74, 6) is -0.587. The summed E-state index contributed by atoms with van der Waals surface area (Å²) in [6.45, 7) is 4.03. The van der Waals surface area contributed by atoms with E-state index in [1.54, 1.807) is 0 Å². The third-order valence-electron chi connectivity index (χ3n) is 10.7. The average molecular weight is 736 g/mol. The number of hydrogen-bond donors (Lipinski definition) is 5. The van der Waals surface area contributed by atoms with Gasteiger partial charge in [0.1, 0.15) is 12.2 Å². The standard InChI is InChI=1S/C46H89NO5/c1-3-5-7-9-11-13-15-17-19-21-23-25-27-29-31-33-35-37-39-43(49)45(51)42(41-48)47-46(52)44(50)40-38-36-34-32-30-28-26-24-22-20-18-16-14-12-10-8-6-4-2/h12,14,16,18,42-45,48-51H,3-11,13,15,17,19-41H2,1-2H3,(H,47,52)/b14-12-,18-16-. The van der Waals surface area contributed by atoms with Crippen LogP contribution in [0.15, 0.2) is 24.3 Å². The molecule has 0 rings (SSSR count). The first kappa shape index (κ1) is 50.8. The second-order valence-corrected chi connectivity index (χ2v) is 15.8. The smallest absolute Gasteiger partial charge is 0.249 e. The van der Waals surface area contributed by atoms with Gasteiger partial charge in [-0.15, -0.1) is 0 Å². The van der Waals surface area contributed by atoms with Crippen molar-refractivity contribution >= 4 is 5.91 Å². The lowest BCUT2D eigenvalue weighted by Gasteiger charge is -2.27. The molecule has 0 aliphatic carbocycles. The lowest BCUT2D eigenvalue weighted by Crippen LogP contribution is -2.53. The number of carbonyl (C=O) groups is 1. The topological polar surface area (TPSA) is 110 Å². The minimum Gasteiger partial charge on any atom is -0.394 e. The molecule has 0 spiro atoms. The zero-order valence-corrected chi connectivity index (χ0v) is 34.6. The highest BCUT2D eigenvalue weighted by molar-refractivity contribution is 5.80. The first-order valence-corrected chi connectivity index (χ1v) is 22.7. The molecule has 308 valence electrons. The molecule has 4 unspecified atom stereocenters. The fraction of sp³-hybridized carbons (Fsp3) is 0.891. The summed E-state index contributed by atoms with van der Waals surface area (Å²) in [6.07, 6.45) is 46.3. The number of aliphatic hydroxyl groups is 4. The van der Waals surface area contributed by atoms with Crippen molar-refractivity contribution in [2.75, 3.05) is 6.61 Å². The molecule has 0 saturated heterocycles. The Labute approximate surface area is 323 Å². The number of aliphatic hydroxyl groups excluding tert-OH is 4. The lowest BCUT2D eigenvalue weighted by molar-refractivity contribution is -0.132. The van der Waals surface area contributed by atoms with Gasteiger partial charge in [0.15, 0.2) is 0 Å². The number of unbranched alkanes of at least 4 members (excludes halogenated alkanes) is 29. The van der Waals surface area contributed by atoms with E-state index in [0.29, 0.717) is 12.8 Å². The molecule has 0 fully saturated rings. The summed E-state index contributed by atoms with van der Waals surface area (Å²) in [5.41, 5.74) is 0. The van der Waals surface area contributed by atoms with E-state index in [2.05, 4.69) is 43.5 Å². The van der Waals surface area contributed by atoms with E-state index in [1.165, 1.54) is 161 Å². The zero-order chi connectivity index (χ0) is 38.2. The van der Waals surface area contributed by atoms with Crippen LogP contribution in [0.25, 0.3) is 0 Å². The van der Waals surface area contributed by atoms with Crippen LogP contribution in [0.4, 0.5) is 0 Å². The summed E-state index contributed by atoms with van der Waals surface area (Å²) < 4.78 is 0. The summed E-state index contributed by atoms with van der Waals surface area (Å²) in [7, 11) is 0. The molecule has 0 radical (unpaired) electrons. The van der Waals surface area contributed by atoms with E-state index in [1.807, 2.05) is 0 Å². The van der Waals surface area contributed by atoms with Gasteiger partial charge in [0, 0.05) is 0 Å². The second kappa shape index (κ2) is 41.0. The Hall–Kier alpha value is -1.21. The van der Waals surface area contributed by atoms with E-state index in [0.717, 1.165) is 44.9 Å². The molecule has 0 aliphatic rings. The summed E-state index contributed by atoms with van der Waals surface area (Å²) >= 11 is 0. The van der Waals surface area contributed by atoms with Crippen molar-refractivity contribution in [3.8, 4) is 0 Å². The number of allylic oxidation sites excluding steroid dienone is 4. The first-order valence-electron chi connectivity index (χ1n) is 22.7. The van der Waals surface area contributed by atoms with Gasteiger partial charge >= 0.3 is 0 Å². The van der Waals surface area contributed by atoms with Gasteiger partial charge in [-0.2, -0.15) is 0 Å². The van der Waals surface area contributed by atoms with Crippen LogP contribution >= 0.6 is 0 Å². The molecule has 0 saturated carbocycles. The molecule has 52 heavy (non-hydrogen) atoms. The SMILES string of the molecule is CCCCC/C=C\C=C/CCCCCCCCCCCC(O)C(=O)NC(CO)C(O)C(O)CCCCCCCCCCCCCCCCCCCC. The Bertz CT molecular complexity index is 787. The summed E-state index contributed by atoms with van der Waals surface area (Å²) in [6, 6.07) is -0.985. The average Bonchev–Trinajstić information content (AvgIpc) is 3.15. The number of nitrogens with one attached hydrogen (secondary N) is 1. The maximum atomic E-state index is 12.5.